The second kappa shape index (κ2) is 13.5. The normalized spacial score (nSPS) is 19.9. The van der Waals surface area contributed by atoms with Crippen molar-refractivity contribution in [3.05, 3.63) is 35.0 Å². The molecule has 1 saturated heterocycles. The molecule has 0 aliphatic carbocycles. The van der Waals surface area contributed by atoms with Crippen LogP contribution in [0.5, 0.6) is 5.75 Å². The minimum absolute atomic E-state index is 0.0452. The summed E-state index contributed by atoms with van der Waals surface area (Å²) >= 11 is 8.35. The lowest BCUT2D eigenvalue weighted by molar-refractivity contribution is -0.139. The summed E-state index contributed by atoms with van der Waals surface area (Å²) in [6.07, 6.45) is 4.70. The highest BCUT2D eigenvalue weighted by Crippen LogP contribution is 2.39. The number of carboxylic acid groups (broad SMARTS) is 1. The van der Waals surface area contributed by atoms with Gasteiger partial charge in [-0.1, -0.05) is 24.9 Å². The third kappa shape index (κ3) is 7.46. The van der Waals surface area contributed by atoms with Crippen molar-refractivity contribution in [3.8, 4) is 5.75 Å². The van der Waals surface area contributed by atoms with Crippen LogP contribution >= 0.6 is 23.4 Å². The number of likely N-dealkylation sites (tertiary alicyclic amines) is 1. The predicted octanol–water partition coefficient (Wildman–Crippen LogP) is 6.63. The number of fused-ring (bicyclic) bond motifs is 1. The quantitative estimate of drug-likeness (QED) is 0.305. The number of unbranched alkanes of at least 4 members (excludes halogenated alkanes) is 1. The first-order valence-electron chi connectivity index (χ1n) is 12.2. The number of rotatable bonds is 13. The molecule has 2 heterocycles. The topological polar surface area (TPSA) is 62.7 Å². The van der Waals surface area contributed by atoms with Gasteiger partial charge in [-0.15, -0.1) is 0 Å². The maximum atomic E-state index is 15.6. The number of pyridine rings is 1. The number of aliphatic carboxylic acids is 1. The van der Waals surface area contributed by atoms with E-state index in [0.29, 0.717) is 40.1 Å². The molecule has 0 spiro atoms. The molecule has 188 valence electrons. The molecule has 0 radical (unpaired) electrons. The van der Waals surface area contributed by atoms with Crippen LogP contribution in [0, 0.1) is 11.8 Å². The van der Waals surface area contributed by atoms with Crippen LogP contribution in [-0.2, 0) is 4.79 Å². The molecule has 3 rings (SSSR count). The zero-order valence-electron chi connectivity index (χ0n) is 20.1. The molecule has 0 bridgehead atoms. The minimum atomic E-state index is -1.25. The molecular formula is C26H36ClFN2O3S. The fourth-order valence-corrected chi connectivity index (χ4v) is 6.21. The van der Waals surface area contributed by atoms with Gasteiger partial charge in [0.05, 0.1) is 17.6 Å². The Bertz CT molecular complexity index is 948. The molecule has 8 heteroatoms. The number of ether oxygens (including phenoxy) is 1. The minimum Gasteiger partial charge on any atom is -0.497 e. The van der Waals surface area contributed by atoms with Crippen molar-refractivity contribution in [2.24, 2.45) is 11.8 Å². The second-order valence-corrected chi connectivity index (χ2v) is 10.8. The number of carboxylic acids is 1. The molecule has 0 saturated carbocycles. The number of halogens is 2. The van der Waals surface area contributed by atoms with E-state index in [1.54, 1.807) is 25.3 Å². The van der Waals surface area contributed by atoms with E-state index >= 15 is 4.39 Å². The van der Waals surface area contributed by atoms with Crippen molar-refractivity contribution in [3.63, 3.8) is 0 Å². The number of hydrogen-bond donors (Lipinski definition) is 1. The van der Waals surface area contributed by atoms with Crippen molar-refractivity contribution in [2.75, 3.05) is 38.2 Å². The molecule has 3 atom stereocenters. The molecule has 1 N–H and O–H groups in total. The van der Waals surface area contributed by atoms with Gasteiger partial charge in [0.1, 0.15) is 11.9 Å². The van der Waals surface area contributed by atoms with Crippen LogP contribution in [0.15, 0.2) is 24.4 Å². The van der Waals surface area contributed by atoms with Gasteiger partial charge in [0.15, 0.2) is 0 Å². The van der Waals surface area contributed by atoms with E-state index < -0.39 is 12.1 Å². The number of benzene rings is 1. The monoisotopic (exact) mass is 510 g/mol. The van der Waals surface area contributed by atoms with Gasteiger partial charge in [-0.05, 0) is 68.0 Å². The van der Waals surface area contributed by atoms with E-state index in [1.807, 2.05) is 11.8 Å². The molecule has 34 heavy (non-hydrogen) atoms. The number of aromatic nitrogens is 1. The highest BCUT2D eigenvalue weighted by Gasteiger charge is 2.31. The number of carbonyl (C=O) groups is 1. The van der Waals surface area contributed by atoms with E-state index in [2.05, 4.69) is 16.8 Å². The first-order valence-corrected chi connectivity index (χ1v) is 13.7. The van der Waals surface area contributed by atoms with Crippen LogP contribution in [0.4, 0.5) is 4.39 Å². The van der Waals surface area contributed by atoms with E-state index in [9.17, 15) is 9.90 Å². The largest absolute Gasteiger partial charge is 0.497 e. The Labute approximate surface area is 211 Å². The van der Waals surface area contributed by atoms with Gasteiger partial charge >= 0.3 is 5.97 Å². The van der Waals surface area contributed by atoms with Crippen LogP contribution in [0.2, 0.25) is 5.02 Å². The third-order valence-corrected chi connectivity index (χ3v) is 8.13. The maximum Gasteiger partial charge on any atom is 0.303 e. The van der Waals surface area contributed by atoms with Crippen LogP contribution < -0.4 is 4.74 Å². The van der Waals surface area contributed by atoms with Crippen LogP contribution in [-0.4, -0.2) is 59.2 Å². The number of alkyl halides is 1. The molecule has 1 aromatic heterocycles. The summed E-state index contributed by atoms with van der Waals surface area (Å²) in [5.74, 6) is 2.35. The molecule has 5 nitrogen and oxygen atoms in total. The molecule has 1 aromatic carbocycles. The van der Waals surface area contributed by atoms with Crippen molar-refractivity contribution < 1.29 is 19.0 Å². The van der Waals surface area contributed by atoms with E-state index in [1.165, 1.54) is 24.8 Å². The van der Waals surface area contributed by atoms with Crippen LogP contribution in [0.1, 0.15) is 57.2 Å². The number of piperidine rings is 1. The van der Waals surface area contributed by atoms with Gasteiger partial charge in [0.2, 0.25) is 0 Å². The first-order chi connectivity index (χ1) is 16.4. The molecule has 2 aromatic rings. The summed E-state index contributed by atoms with van der Waals surface area (Å²) in [7, 11) is 1.57. The summed E-state index contributed by atoms with van der Waals surface area (Å²) in [5, 5.41) is 10.4. The van der Waals surface area contributed by atoms with Crippen LogP contribution in [0.25, 0.3) is 10.9 Å². The lowest BCUT2D eigenvalue weighted by Gasteiger charge is -2.38. The van der Waals surface area contributed by atoms with Crippen molar-refractivity contribution in [1.82, 2.24) is 9.88 Å². The summed E-state index contributed by atoms with van der Waals surface area (Å²) in [6.45, 7) is 4.91. The van der Waals surface area contributed by atoms with Gasteiger partial charge in [-0.25, -0.2) is 4.39 Å². The molecule has 1 aliphatic rings. The highest BCUT2D eigenvalue weighted by atomic mass is 35.5. The number of nitrogens with zero attached hydrogens (tertiary/aromatic N) is 2. The summed E-state index contributed by atoms with van der Waals surface area (Å²) in [4.78, 5) is 18.2. The first kappa shape index (κ1) is 27.0. The Morgan fingerprint density at radius 2 is 2.21 bits per heavy atom. The Hall–Kier alpha value is -1.57. The molecule has 1 aliphatic heterocycles. The Balaban J connectivity index is 1.63. The fraction of sp³-hybridized carbons (Fsp3) is 0.615. The SMILES string of the molecule is CCCCSCCN1CC[C@@H](CC[C@H](F)c2c(Cl)cnc3ccc(OC)cc23)[C@@H](CC(=O)O)C1. The average Bonchev–Trinajstić information content (AvgIpc) is 2.82. The third-order valence-electron chi connectivity index (χ3n) is 6.78. The lowest BCUT2D eigenvalue weighted by Crippen LogP contribution is -2.42. The summed E-state index contributed by atoms with van der Waals surface area (Å²) in [6, 6.07) is 5.38. The zero-order chi connectivity index (χ0) is 24.5. The summed E-state index contributed by atoms with van der Waals surface area (Å²) in [5.41, 5.74) is 1.12. The zero-order valence-corrected chi connectivity index (χ0v) is 21.7. The highest BCUT2D eigenvalue weighted by molar-refractivity contribution is 7.99. The fourth-order valence-electron chi connectivity index (χ4n) is 4.85. The molecular weight excluding hydrogens is 475 g/mol. The van der Waals surface area contributed by atoms with Gasteiger partial charge in [0, 0.05) is 42.4 Å². The number of methoxy groups -OCH3 is 1. The standard InChI is InChI=1S/C26H36ClFN2O3S/c1-3-4-12-34-13-11-30-10-9-18(19(17-30)14-25(31)32)5-7-23(28)26-21-15-20(33-2)6-8-24(21)29-16-22(26)27/h6,8,15-16,18-19,23H,3-5,7,9-14,17H2,1-2H3,(H,31,32)/t18-,19+,23+/m1/s1. The number of hydrogen-bond acceptors (Lipinski definition) is 5. The Kier molecular flexibility index (Phi) is 10.7. The van der Waals surface area contributed by atoms with Gasteiger partial charge < -0.3 is 14.7 Å². The van der Waals surface area contributed by atoms with Crippen LogP contribution in [0.3, 0.4) is 0 Å². The van der Waals surface area contributed by atoms with Crippen molar-refractivity contribution in [2.45, 2.75) is 51.6 Å². The summed E-state index contributed by atoms with van der Waals surface area (Å²) < 4.78 is 20.9. The smallest absolute Gasteiger partial charge is 0.303 e. The molecule has 1 fully saturated rings. The van der Waals surface area contributed by atoms with E-state index in [-0.39, 0.29) is 18.3 Å². The number of thioether (sulfide) groups is 1. The van der Waals surface area contributed by atoms with E-state index in [0.717, 1.165) is 31.8 Å². The Morgan fingerprint density at radius 3 is 2.94 bits per heavy atom. The second-order valence-electron chi connectivity index (χ2n) is 9.12. The van der Waals surface area contributed by atoms with Gasteiger partial charge in [0.25, 0.3) is 0 Å². The lowest BCUT2D eigenvalue weighted by atomic mass is 9.79. The molecule has 0 amide bonds. The van der Waals surface area contributed by atoms with Crippen molar-refractivity contribution >= 4 is 40.2 Å². The Morgan fingerprint density at radius 1 is 1.38 bits per heavy atom. The molecule has 0 unspecified atom stereocenters. The van der Waals surface area contributed by atoms with E-state index in [4.69, 9.17) is 16.3 Å². The van der Waals surface area contributed by atoms with Gasteiger partial charge in [-0.3, -0.25) is 9.78 Å². The van der Waals surface area contributed by atoms with Crippen molar-refractivity contribution in [1.29, 1.82) is 0 Å². The average molecular weight is 511 g/mol. The maximum absolute atomic E-state index is 15.6. The van der Waals surface area contributed by atoms with Gasteiger partial charge in [-0.2, -0.15) is 11.8 Å². The predicted molar refractivity (Wildman–Crippen MR) is 139 cm³/mol.